The molecule has 6 nitrogen and oxygen atoms in total. The molecule has 0 aliphatic heterocycles. The molecule has 0 radical (unpaired) electrons. The normalized spacial score (nSPS) is 11.9. The van der Waals surface area contributed by atoms with E-state index in [4.69, 9.17) is 5.73 Å². The van der Waals surface area contributed by atoms with Crippen molar-refractivity contribution >= 4 is 5.91 Å². The van der Waals surface area contributed by atoms with Crippen molar-refractivity contribution < 1.29 is 4.79 Å². The lowest BCUT2D eigenvalue weighted by Gasteiger charge is -2.08. The predicted octanol–water partition coefficient (Wildman–Crippen LogP) is 0.700. The molecule has 110 valence electrons. The van der Waals surface area contributed by atoms with Crippen molar-refractivity contribution in [2.45, 2.75) is 19.4 Å². The lowest BCUT2D eigenvalue weighted by molar-refractivity contribution is 0.0946. The topological polar surface area (TPSA) is 90.0 Å². The highest BCUT2D eigenvalue weighted by molar-refractivity contribution is 5.92. The quantitative estimate of drug-likeness (QED) is 0.846. The molecule has 0 saturated heterocycles. The van der Waals surface area contributed by atoms with E-state index in [0.717, 1.165) is 0 Å². The van der Waals surface area contributed by atoms with Gasteiger partial charge < -0.3 is 11.1 Å². The minimum absolute atomic E-state index is 0.0246. The Morgan fingerprint density at radius 2 is 2.00 bits per heavy atom. The third-order valence-corrected chi connectivity index (χ3v) is 2.92. The summed E-state index contributed by atoms with van der Waals surface area (Å²) in [6.07, 6.45) is 0.685. The smallest absolute Gasteiger partial charge is 0.271 e. The zero-order valence-corrected chi connectivity index (χ0v) is 11.8. The fourth-order valence-corrected chi connectivity index (χ4v) is 1.79. The SMILES string of the molecule is CC(N)CCNC(=O)c1ccc(=O)n(-c2ccccc2)n1. The van der Waals surface area contributed by atoms with Crippen LogP contribution in [0.3, 0.4) is 0 Å². The molecule has 1 atom stereocenters. The number of nitrogens with two attached hydrogens (primary N) is 1. The Labute approximate surface area is 122 Å². The second-order valence-electron chi connectivity index (χ2n) is 4.83. The van der Waals surface area contributed by atoms with Crippen molar-refractivity contribution in [1.82, 2.24) is 15.1 Å². The maximum atomic E-state index is 12.0. The second-order valence-corrected chi connectivity index (χ2v) is 4.83. The first kappa shape index (κ1) is 14.9. The predicted molar refractivity (Wildman–Crippen MR) is 80.4 cm³/mol. The van der Waals surface area contributed by atoms with Crippen LogP contribution in [0.15, 0.2) is 47.3 Å². The van der Waals surface area contributed by atoms with Crippen LogP contribution >= 0.6 is 0 Å². The zero-order chi connectivity index (χ0) is 15.2. The van der Waals surface area contributed by atoms with Gasteiger partial charge in [-0.3, -0.25) is 9.59 Å². The van der Waals surface area contributed by atoms with Gasteiger partial charge in [0, 0.05) is 18.7 Å². The van der Waals surface area contributed by atoms with Crippen LogP contribution < -0.4 is 16.6 Å². The third-order valence-electron chi connectivity index (χ3n) is 2.92. The maximum Gasteiger partial charge on any atom is 0.271 e. The molecule has 1 unspecified atom stereocenters. The highest BCUT2D eigenvalue weighted by Gasteiger charge is 2.10. The molecular formula is C15H18N4O2. The molecule has 3 N–H and O–H groups in total. The van der Waals surface area contributed by atoms with E-state index in [-0.39, 0.29) is 23.2 Å². The first-order chi connectivity index (χ1) is 10.1. The molecule has 0 spiro atoms. The number of nitrogens with one attached hydrogen (secondary N) is 1. The summed E-state index contributed by atoms with van der Waals surface area (Å²) in [4.78, 5) is 23.8. The van der Waals surface area contributed by atoms with E-state index in [0.29, 0.717) is 18.7 Å². The van der Waals surface area contributed by atoms with Gasteiger partial charge in [-0.15, -0.1) is 0 Å². The average Bonchev–Trinajstić information content (AvgIpc) is 2.48. The molecule has 0 fully saturated rings. The second kappa shape index (κ2) is 6.81. The number of carbonyl (C=O) groups excluding carboxylic acids is 1. The Kier molecular flexibility index (Phi) is 4.84. The van der Waals surface area contributed by atoms with Crippen molar-refractivity contribution in [1.29, 1.82) is 0 Å². The number of benzene rings is 1. The summed E-state index contributed by atoms with van der Waals surface area (Å²) in [6, 6.07) is 11.7. The number of para-hydroxylation sites is 1. The average molecular weight is 286 g/mol. The van der Waals surface area contributed by atoms with Crippen molar-refractivity contribution in [3.63, 3.8) is 0 Å². The van der Waals surface area contributed by atoms with Gasteiger partial charge in [0.2, 0.25) is 0 Å². The monoisotopic (exact) mass is 286 g/mol. The Morgan fingerprint density at radius 1 is 1.29 bits per heavy atom. The van der Waals surface area contributed by atoms with E-state index in [1.165, 1.54) is 16.8 Å². The lowest BCUT2D eigenvalue weighted by atomic mass is 10.2. The molecule has 1 heterocycles. The van der Waals surface area contributed by atoms with E-state index in [1.54, 1.807) is 24.3 Å². The highest BCUT2D eigenvalue weighted by atomic mass is 16.2. The van der Waals surface area contributed by atoms with Gasteiger partial charge in [-0.05, 0) is 31.5 Å². The standard InChI is InChI=1S/C15H18N4O2/c1-11(16)9-10-17-15(21)13-7-8-14(20)19(18-13)12-5-3-2-4-6-12/h2-8,11H,9-10,16H2,1H3,(H,17,21). The third kappa shape index (κ3) is 4.00. The summed E-state index contributed by atoms with van der Waals surface area (Å²) in [6.45, 7) is 2.35. The number of hydrogen-bond acceptors (Lipinski definition) is 4. The number of amides is 1. The summed E-state index contributed by atoms with van der Waals surface area (Å²) < 4.78 is 1.21. The number of aromatic nitrogens is 2. The van der Waals surface area contributed by atoms with Crippen LogP contribution in [0.5, 0.6) is 0 Å². The van der Waals surface area contributed by atoms with Crippen LogP contribution in [0, 0.1) is 0 Å². The van der Waals surface area contributed by atoms with Crippen LogP contribution in [0.1, 0.15) is 23.8 Å². The largest absolute Gasteiger partial charge is 0.351 e. The highest BCUT2D eigenvalue weighted by Crippen LogP contribution is 2.02. The number of carbonyl (C=O) groups is 1. The van der Waals surface area contributed by atoms with Crippen LogP contribution in [0.2, 0.25) is 0 Å². The van der Waals surface area contributed by atoms with Crippen molar-refractivity contribution in [3.05, 3.63) is 58.5 Å². The maximum absolute atomic E-state index is 12.0. The molecular weight excluding hydrogens is 268 g/mol. The Hall–Kier alpha value is -2.47. The minimum Gasteiger partial charge on any atom is -0.351 e. The van der Waals surface area contributed by atoms with Gasteiger partial charge in [-0.1, -0.05) is 18.2 Å². The first-order valence-electron chi connectivity index (χ1n) is 6.77. The van der Waals surface area contributed by atoms with Crippen LogP contribution in [0.4, 0.5) is 0 Å². The van der Waals surface area contributed by atoms with Gasteiger partial charge in [0.15, 0.2) is 0 Å². The van der Waals surface area contributed by atoms with Crippen molar-refractivity contribution in [2.24, 2.45) is 5.73 Å². The van der Waals surface area contributed by atoms with Crippen molar-refractivity contribution in [3.8, 4) is 5.69 Å². The van der Waals surface area contributed by atoms with E-state index in [2.05, 4.69) is 10.4 Å². The van der Waals surface area contributed by atoms with Crippen LogP contribution in [-0.4, -0.2) is 28.3 Å². The zero-order valence-electron chi connectivity index (χ0n) is 11.8. The van der Waals surface area contributed by atoms with Gasteiger partial charge in [0.1, 0.15) is 5.69 Å². The molecule has 2 rings (SSSR count). The van der Waals surface area contributed by atoms with Gasteiger partial charge in [0.25, 0.3) is 11.5 Å². The van der Waals surface area contributed by atoms with E-state index >= 15 is 0 Å². The summed E-state index contributed by atoms with van der Waals surface area (Å²) in [5.74, 6) is -0.319. The minimum atomic E-state index is -0.319. The Bertz CT molecular complexity index is 665. The first-order valence-corrected chi connectivity index (χ1v) is 6.77. The molecule has 0 aliphatic rings. The Morgan fingerprint density at radius 3 is 2.67 bits per heavy atom. The van der Waals surface area contributed by atoms with Crippen molar-refractivity contribution in [2.75, 3.05) is 6.54 Å². The van der Waals surface area contributed by atoms with Crippen LogP contribution in [-0.2, 0) is 0 Å². The van der Waals surface area contributed by atoms with E-state index in [1.807, 2.05) is 13.0 Å². The molecule has 2 aromatic rings. The molecule has 0 aliphatic carbocycles. The summed E-state index contributed by atoms with van der Waals surface area (Å²) in [5, 5.41) is 6.83. The van der Waals surface area contributed by atoms with Crippen LogP contribution in [0.25, 0.3) is 5.69 Å². The molecule has 1 amide bonds. The van der Waals surface area contributed by atoms with E-state index < -0.39 is 0 Å². The summed E-state index contributed by atoms with van der Waals surface area (Å²) >= 11 is 0. The summed E-state index contributed by atoms with van der Waals surface area (Å²) in [7, 11) is 0. The van der Waals surface area contributed by atoms with Gasteiger partial charge >= 0.3 is 0 Å². The molecule has 0 bridgehead atoms. The molecule has 6 heteroatoms. The Balaban J connectivity index is 2.19. The lowest BCUT2D eigenvalue weighted by Crippen LogP contribution is -2.31. The number of rotatable bonds is 5. The summed E-state index contributed by atoms with van der Waals surface area (Å²) in [5.41, 5.74) is 6.16. The number of nitrogens with zero attached hydrogens (tertiary/aromatic N) is 2. The molecule has 1 aromatic heterocycles. The molecule has 21 heavy (non-hydrogen) atoms. The molecule has 1 aromatic carbocycles. The van der Waals surface area contributed by atoms with Gasteiger partial charge in [-0.25, -0.2) is 0 Å². The fraction of sp³-hybridized carbons (Fsp3) is 0.267. The van der Waals surface area contributed by atoms with Gasteiger partial charge in [0.05, 0.1) is 5.69 Å². The molecule has 0 saturated carbocycles. The van der Waals surface area contributed by atoms with Gasteiger partial charge in [-0.2, -0.15) is 9.78 Å². The number of hydrogen-bond donors (Lipinski definition) is 2. The fourth-order valence-electron chi connectivity index (χ4n) is 1.79. The van der Waals surface area contributed by atoms with E-state index in [9.17, 15) is 9.59 Å².